The number of halogens is 1. The van der Waals surface area contributed by atoms with Crippen molar-refractivity contribution in [3.8, 4) is 0 Å². The Morgan fingerprint density at radius 3 is 2.44 bits per heavy atom. The SMILES string of the molecule is CC(=CC(=O)N1CCC(CN2CCOCC2)CC1)c1ccc(F)cc1. The number of likely N-dealkylation sites (tertiary alicyclic amines) is 1. The standard InChI is InChI=1S/C20H27FN2O2/c1-16(18-2-4-19(21)5-3-18)14-20(24)23-8-6-17(7-9-23)15-22-10-12-25-13-11-22/h2-5,14,17H,6-13,15H2,1H3. The molecule has 4 nitrogen and oxygen atoms in total. The lowest BCUT2D eigenvalue weighted by molar-refractivity contribution is -0.127. The van der Waals surface area contributed by atoms with Gasteiger partial charge in [-0.25, -0.2) is 4.39 Å². The molecule has 2 aliphatic rings. The Labute approximate surface area is 149 Å². The number of carbonyl (C=O) groups is 1. The van der Waals surface area contributed by atoms with Crippen LogP contribution in [0.3, 0.4) is 0 Å². The summed E-state index contributed by atoms with van der Waals surface area (Å²) in [6, 6.07) is 6.27. The second kappa shape index (κ2) is 8.59. The van der Waals surface area contributed by atoms with E-state index in [1.807, 2.05) is 11.8 Å². The molecule has 25 heavy (non-hydrogen) atoms. The van der Waals surface area contributed by atoms with Gasteiger partial charge in [-0.05, 0) is 49.0 Å². The maximum absolute atomic E-state index is 13.0. The van der Waals surface area contributed by atoms with Gasteiger partial charge < -0.3 is 9.64 Å². The van der Waals surface area contributed by atoms with Crippen LogP contribution >= 0.6 is 0 Å². The smallest absolute Gasteiger partial charge is 0.246 e. The highest BCUT2D eigenvalue weighted by atomic mass is 19.1. The second-order valence-corrected chi connectivity index (χ2v) is 7.02. The van der Waals surface area contributed by atoms with Crippen LogP contribution in [0.15, 0.2) is 30.3 Å². The maximum Gasteiger partial charge on any atom is 0.246 e. The van der Waals surface area contributed by atoms with E-state index >= 15 is 0 Å². The molecule has 2 saturated heterocycles. The Hall–Kier alpha value is -1.72. The summed E-state index contributed by atoms with van der Waals surface area (Å²) >= 11 is 0. The topological polar surface area (TPSA) is 32.8 Å². The molecule has 1 aromatic carbocycles. The van der Waals surface area contributed by atoms with Crippen LogP contribution in [0.25, 0.3) is 5.57 Å². The molecule has 5 heteroatoms. The zero-order chi connectivity index (χ0) is 17.6. The van der Waals surface area contributed by atoms with Gasteiger partial charge in [0.25, 0.3) is 0 Å². The molecule has 0 saturated carbocycles. The number of piperidine rings is 1. The number of morpholine rings is 1. The number of hydrogen-bond donors (Lipinski definition) is 0. The highest BCUT2D eigenvalue weighted by molar-refractivity contribution is 5.94. The maximum atomic E-state index is 13.0. The molecule has 0 aliphatic carbocycles. The van der Waals surface area contributed by atoms with Gasteiger partial charge in [-0.15, -0.1) is 0 Å². The zero-order valence-corrected chi connectivity index (χ0v) is 14.9. The van der Waals surface area contributed by atoms with Gasteiger partial charge in [0.05, 0.1) is 13.2 Å². The summed E-state index contributed by atoms with van der Waals surface area (Å²) in [6.07, 6.45) is 3.80. The minimum Gasteiger partial charge on any atom is -0.379 e. The van der Waals surface area contributed by atoms with Gasteiger partial charge in [0.15, 0.2) is 0 Å². The van der Waals surface area contributed by atoms with Gasteiger partial charge in [0, 0.05) is 38.8 Å². The molecule has 0 radical (unpaired) electrons. The van der Waals surface area contributed by atoms with Gasteiger partial charge in [0.2, 0.25) is 5.91 Å². The van der Waals surface area contributed by atoms with E-state index in [0.717, 1.165) is 69.9 Å². The molecular formula is C20H27FN2O2. The molecule has 3 rings (SSSR count). The molecule has 0 spiro atoms. The minimum atomic E-state index is -0.259. The highest BCUT2D eigenvalue weighted by Gasteiger charge is 2.24. The lowest BCUT2D eigenvalue weighted by Crippen LogP contribution is -2.44. The first kappa shape index (κ1) is 18.1. The van der Waals surface area contributed by atoms with E-state index in [2.05, 4.69) is 4.90 Å². The van der Waals surface area contributed by atoms with Crippen LogP contribution in [0.2, 0.25) is 0 Å². The number of benzene rings is 1. The van der Waals surface area contributed by atoms with E-state index in [1.54, 1.807) is 18.2 Å². The summed E-state index contributed by atoms with van der Waals surface area (Å²) in [6.45, 7) is 8.39. The normalized spacial score (nSPS) is 20.7. The van der Waals surface area contributed by atoms with E-state index in [0.29, 0.717) is 5.92 Å². The van der Waals surface area contributed by atoms with Crippen LogP contribution < -0.4 is 0 Å². The Morgan fingerprint density at radius 1 is 1.16 bits per heavy atom. The molecular weight excluding hydrogens is 319 g/mol. The largest absolute Gasteiger partial charge is 0.379 e. The van der Waals surface area contributed by atoms with E-state index in [9.17, 15) is 9.18 Å². The number of allylic oxidation sites excluding steroid dienone is 1. The van der Waals surface area contributed by atoms with Crippen LogP contribution in [0.1, 0.15) is 25.3 Å². The van der Waals surface area contributed by atoms with E-state index in [1.165, 1.54) is 12.1 Å². The Morgan fingerprint density at radius 2 is 1.80 bits per heavy atom. The van der Waals surface area contributed by atoms with Gasteiger partial charge in [-0.3, -0.25) is 9.69 Å². The average molecular weight is 346 g/mol. The minimum absolute atomic E-state index is 0.0617. The zero-order valence-electron chi connectivity index (χ0n) is 14.9. The number of ether oxygens (including phenoxy) is 1. The number of rotatable bonds is 4. The van der Waals surface area contributed by atoms with Gasteiger partial charge >= 0.3 is 0 Å². The summed E-state index contributed by atoms with van der Waals surface area (Å²) in [4.78, 5) is 16.9. The van der Waals surface area contributed by atoms with Crippen molar-refractivity contribution in [2.75, 3.05) is 45.9 Å². The van der Waals surface area contributed by atoms with Crippen molar-refractivity contribution in [1.82, 2.24) is 9.80 Å². The van der Waals surface area contributed by atoms with Crippen LogP contribution in [-0.2, 0) is 9.53 Å². The second-order valence-electron chi connectivity index (χ2n) is 7.02. The third-order valence-electron chi connectivity index (χ3n) is 5.19. The van der Waals surface area contributed by atoms with E-state index in [-0.39, 0.29) is 11.7 Å². The Bertz CT molecular complexity index is 601. The van der Waals surface area contributed by atoms with Crippen molar-refractivity contribution >= 4 is 11.5 Å². The molecule has 2 fully saturated rings. The van der Waals surface area contributed by atoms with Crippen LogP contribution in [-0.4, -0.2) is 61.6 Å². The van der Waals surface area contributed by atoms with Gasteiger partial charge in [-0.1, -0.05) is 12.1 Å². The molecule has 136 valence electrons. The molecule has 1 aromatic rings. The number of hydrogen-bond acceptors (Lipinski definition) is 3. The summed E-state index contributed by atoms with van der Waals surface area (Å²) in [5.74, 6) is 0.473. The van der Waals surface area contributed by atoms with Crippen LogP contribution in [0, 0.1) is 11.7 Å². The monoisotopic (exact) mass is 346 g/mol. The van der Waals surface area contributed by atoms with Crippen LogP contribution in [0.4, 0.5) is 4.39 Å². The number of amides is 1. The van der Waals surface area contributed by atoms with E-state index < -0.39 is 0 Å². The van der Waals surface area contributed by atoms with Crippen molar-refractivity contribution in [1.29, 1.82) is 0 Å². The first-order valence-electron chi connectivity index (χ1n) is 9.15. The molecule has 0 atom stereocenters. The van der Waals surface area contributed by atoms with E-state index in [4.69, 9.17) is 4.74 Å². The molecule has 2 aliphatic heterocycles. The molecule has 0 bridgehead atoms. The van der Waals surface area contributed by atoms with Crippen molar-refractivity contribution in [3.05, 3.63) is 41.7 Å². The summed E-state index contributed by atoms with van der Waals surface area (Å²) in [5, 5.41) is 0. The first-order valence-corrected chi connectivity index (χ1v) is 9.15. The van der Waals surface area contributed by atoms with Crippen molar-refractivity contribution in [3.63, 3.8) is 0 Å². The fourth-order valence-corrected chi connectivity index (χ4v) is 3.56. The lowest BCUT2D eigenvalue weighted by Gasteiger charge is -2.35. The summed E-state index contributed by atoms with van der Waals surface area (Å²) < 4.78 is 18.4. The quantitative estimate of drug-likeness (QED) is 0.786. The third-order valence-corrected chi connectivity index (χ3v) is 5.19. The van der Waals surface area contributed by atoms with Gasteiger partial charge in [-0.2, -0.15) is 0 Å². The molecule has 2 heterocycles. The predicted octanol–water partition coefficient (Wildman–Crippen LogP) is 2.80. The fourth-order valence-electron chi connectivity index (χ4n) is 3.56. The molecule has 1 amide bonds. The number of nitrogens with zero attached hydrogens (tertiary/aromatic N) is 2. The molecule has 0 N–H and O–H groups in total. The molecule has 0 aromatic heterocycles. The summed E-state index contributed by atoms with van der Waals surface area (Å²) in [5.41, 5.74) is 1.76. The number of carbonyl (C=O) groups excluding carboxylic acids is 1. The predicted molar refractivity (Wildman–Crippen MR) is 96.6 cm³/mol. The van der Waals surface area contributed by atoms with Crippen molar-refractivity contribution in [2.24, 2.45) is 5.92 Å². The first-order chi connectivity index (χ1) is 12.1. The highest BCUT2D eigenvalue weighted by Crippen LogP contribution is 2.21. The Balaban J connectivity index is 1.49. The molecule has 0 unspecified atom stereocenters. The Kier molecular flexibility index (Phi) is 6.21. The van der Waals surface area contributed by atoms with Gasteiger partial charge in [0.1, 0.15) is 5.82 Å². The lowest BCUT2D eigenvalue weighted by atomic mass is 9.95. The van der Waals surface area contributed by atoms with Crippen LogP contribution in [0.5, 0.6) is 0 Å². The fraction of sp³-hybridized carbons (Fsp3) is 0.550. The third kappa shape index (κ3) is 5.13. The average Bonchev–Trinajstić information content (AvgIpc) is 2.63. The van der Waals surface area contributed by atoms with Crippen molar-refractivity contribution in [2.45, 2.75) is 19.8 Å². The van der Waals surface area contributed by atoms with Crippen molar-refractivity contribution < 1.29 is 13.9 Å². The summed E-state index contributed by atoms with van der Waals surface area (Å²) in [7, 11) is 0.